The molecule has 0 aromatic heterocycles. The second kappa shape index (κ2) is 7.33. The van der Waals surface area contributed by atoms with Gasteiger partial charge < -0.3 is 4.74 Å². The number of rotatable bonds is 1. The molecule has 2 aliphatic heterocycles. The van der Waals surface area contributed by atoms with Gasteiger partial charge in [0.1, 0.15) is 6.10 Å². The van der Waals surface area contributed by atoms with E-state index in [0.29, 0.717) is 10.8 Å². The molecule has 0 spiro atoms. The average Bonchev–Trinajstić information content (AvgIpc) is 3.20. The Bertz CT molecular complexity index is 820. The highest BCUT2D eigenvalue weighted by molar-refractivity contribution is 5.66. The van der Waals surface area contributed by atoms with Crippen LogP contribution in [0, 0.1) is 46.3 Å². The second-order valence-electron chi connectivity index (χ2n) is 13.4. The molecule has 6 rings (SSSR count). The Hall–Kier alpha value is -0.830. The van der Waals surface area contributed by atoms with Gasteiger partial charge in [-0.15, -0.1) is 0 Å². The van der Waals surface area contributed by atoms with Crippen LogP contribution >= 0.6 is 0 Å². The molecular formula is C29H45NO2. The third kappa shape index (κ3) is 2.91. The van der Waals surface area contributed by atoms with Crippen molar-refractivity contribution in [2.75, 3.05) is 6.54 Å². The van der Waals surface area contributed by atoms with Crippen LogP contribution in [-0.2, 0) is 9.53 Å². The summed E-state index contributed by atoms with van der Waals surface area (Å²) in [6.45, 7) is 13.3. The highest BCUT2D eigenvalue weighted by Gasteiger charge is 2.66. The molecule has 11 atom stereocenters. The number of fused-ring (bicyclic) bond motifs is 9. The third-order valence-corrected chi connectivity index (χ3v) is 12.0. The Kier molecular flexibility index (Phi) is 4.97. The lowest BCUT2D eigenvalue weighted by atomic mass is 9.47. The Morgan fingerprint density at radius 3 is 2.66 bits per heavy atom. The van der Waals surface area contributed by atoms with Gasteiger partial charge in [-0.25, -0.2) is 0 Å². The second-order valence-corrected chi connectivity index (χ2v) is 13.4. The van der Waals surface area contributed by atoms with Crippen LogP contribution in [0.4, 0.5) is 0 Å². The minimum absolute atomic E-state index is 0.113. The number of piperidine rings is 1. The molecule has 0 unspecified atom stereocenters. The van der Waals surface area contributed by atoms with Gasteiger partial charge in [0.15, 0.2) is 0 Å². The molecule has 0 aromatic carbocycles. The summed E-state index contributed by atoms with van der Waals surface area (Å²) in [5.74, 6) is 5.17. The van der Waals surface area contributed by atoms with Gasteiger partial charge in [-0.05, 0) is 97.7 Å². The number of ether oxygens (including phenoxy) is 1. The van der Waals surface area contributed by atoms with Crippen molar-refractivity contribution in [3.8, 4) is 0 Å². The number of allylic oxidation sites excluding steroid dienone is 1. The number of nitrogens with zero attached hydrogens (tertiary/aromatic N) is 1. The van der Waals surface area contributed by atoms with Crippen molar-refractivity contribution in [1.29, 1.82) is 0 Å². The lowest BCUT2D eigenvalue weighted by Gasteiger charge is -2.58. The van der Waals surface area contributed by atoms with Crippen LogP contribution < -0.4 is 0 Å². The summed E-state index contributed by atoms with van der Waals surface area (Å²) >= 11 is 0. The number of hydrogen-bond donors (Lipinski definition) is 0. The van der Waals surface area contributed by atoms with Crippen molar-refractivity contribution in [2.45, 2.75) is 111 Å². The van der Waals surface area contributed by atoms with Gasteiger partial charge in [0, 0.05) is 32.0 Å². The topological polar surface area (TPSA) is 29.5 Å². The fraction of sp³-hybridized carbons (Fsp3) is 0.897. The summed E-state index contributed by atoms with van der Waals surface area (Å²) in [7, 11) is 0. The summed E-state index contributed by atoms with van der Waals surface area (Å²) in [5.41, 5.74) is 2.51. The summed E-state index contributed by atoms with van der Waals surface area (Å²) in [6.07, 6.45) is 14.4. The van der Waals surface area contributed by atoms with Gasteiger partial charge in [-0.2, -0.15) is 0 Å². The van der Waals surface area contributed by atoms with E-state index in [9.17, 15) is 4.79 Å². The minimum atomic E-state index is -0.113. The molecular weight excluding hydrogens is 394 g/mol. The van der Waals surface area contributed by atoms with Gasteiger partial charge in [-0.1, -0.05) is 39.3 Å². The molecule has 3 heteroatoms. The SMILES string of the molecule is CC(=O)O[C@H]1CC[C@@]2(C)C(=CC[C@@H]3[C@H]4C[C@@H]5[C@@H]([C@@H](C)[C@H]6CC[C@H](C)CN65)[C@@]4(C)CC[C@H]32)C1. The first kappa shape index (κ1) is 21.7. The van der Waals surface area contributed by atoms with E-state index in [0.717, 1.165) is 60.4 Å². The first-order chi connectivity index (χ1) is 15.2. The fourth-order valence-electron chi connectivity index (χ4n) is 10.7. The predicted molar refractivity (Wildman–Crippen MR) is 128 cm³/mol. The monoisotopic (exact) mass is 439 g/mol. The number of carbonyl (C=O) groups is 1. The fourth-order valence-corrected chi connectivity index (χ4v) is 10.7. The van der Waals surface area contributed by atoms with Crippen LogP contribution in [0.5, 0.6) is 0 Å². The summed E-state index contributed by atoms with van der Waals surface area (Å²) in [6, 6.07) is 1.72. The molecule has 6 aliphatic rings. The standard InChI is InChI=1S/C29H45NO2/c1-17-6-9-25-18(2)27-26(30(25)16-17)15-24-22-8-7-20-14-21(32-19(3)31)10-12-28(20,4)23(22)11-13-29(24,27)5/h7,17-18,21-27H,6,8-16H2,1-5H3/t17-,18-,21-,22-,23+,24+,25+,26+,27+,28-,29-/m0/s1. The number of esters is 1. The molecule has 0 aromatic rings. The van der Waals surface area contributed by atoms with Gasteiger partial charge >= 0.3 is 5.97 Å². The molecule has 0 N–H and O–H groups in total. The Morgan fingerprint density at radius 1 is 1.06 bits per heavy atom. The molecule has 5 fully saturated rings. The average molecular weight is 440 g/mol. The molecule has 2 heterocycles. The molecule has 0 radical (unpaired) electrons. The maximum atomic E-state index is 11.5. The Balaban J connectivity index is 1.27. The van der Waals surface area contributed by atoms with Gasteiger partial charge in [-0.3, -0.25) is 9.69 Å². The Labute approximate surface area is 195 Å². The summed E-state index contributed by atoms with van der Waals surface area (Å²) < 4.78 is 5.64. The molecule has 3 saturated carbocycles. The van der Waals surface area contributed by atoms with Crippen LogP contribution in [-0.4, -0.2) is 35.6 Å². The normalized spacial score (nSPS) is 54.5. The predicted octanol–water partition coefficient (Wildman–Crippen LogP) is 6.23. The van der Waals surface area contributed by atoms with E-state index >= 15 is 0 Å². The minimum Gasteiger partial charge on any atom is -0.462 e. The van der Waals surface area contributed by atoms with E-state index in [-0.39, 0.29) is 12.1 Å². The lowest BCUT2D eigenvalue weighted by Crippen LogP contribution is -2.51. The van der Waals surface area contributed by atoms with Gasteiger partial charge in [0.25, 0.3) is 0 Å². The van der Waals surface area contributed by atoms with E-state index in [4.69, 9.17) is 4.74 Å². The Morgan fingerprint density at radius 2 is 1.88 bits per heavy atom. The molecule has 2 saturated heterocycles. The van der Waals surface area contributed by atoms with E-state index in [2.05, 4.69) is 38.7 Å². The zero-order valence-corrected chi connectivity index (χ0v) is 21.1. The van der Waals surface area contributed by atoms with Gasteiger partial charge in [0.05, 0.1) is 0 Å². The maximum absolute atomic E-state index is 11.5. The van der Waals surface area contributed by atoms with E-state index < -0.39 is 0 Å². The highest BCUT2D eigenvalue weighted by Crippen LogP contribution is 2.69. The van der Waals surface area contributed by atoms with E-state index in [1.165, 1.54) is 51.5 Å². The van der Waals surface area contributed by atoms with Crippen LogP contribution in [0.3, 0.4) is 0 Å². The van der Waals surface area contributed by atoms with Crippen molar-refractivity contribution in [2.24, 2.45) is 46.3 Å². The molecule has 32 heavy (non-hydrogen) atoms. The lowest BCUT2D eigenvalue weighted by molar-refractivity contribution is -0.148. The van der Waals surface area contributed by atoms with E-state index in [1.807, 2.05) is 0 Å². The summed E-state index contributed by atoms with van der Waals surface area (Å²) in [5, 5.41) is 0. The first-order valence-corrected chi connectivity index (χ1v) is 13.8. The largest absolute Gasteiger partial charge is 0.462 e. The molecule has 0 bridgehead atoms. The molecule has 178 valence electrons. The van der Waals surface area contributed by atoms with Crippen molar-refractivity contribution in [3.63, 3.8) is 0 Å². The smallest absolute Gasteiger partial charge is 0.302 e. The van der Waals surface area contributed by atoms with Crippen molar-refractivity contribution in [1.82, 2.24) is 4.90 Å². The van der Waals surface area contributed by atoms with Crippen LogP contribution in [0.15, 0.2) is 11.6 Å². The quantitative estimate of drug-likeness (QED) is 0.358. The van der Waals surface area contributed by atoms with Crippen LogP contribution in [0.1, 0.15) is 92.4 Å². The molecule has 4 aliphatic carbocycles. The third-order valence-electron chi connectivity index (χ3n) is 12.0. The molecule has 0 amide bonds. The number of carbonyl (C=O) groups excluding carboxylic acids is 1. The highest BCUT2D eigenvalue weighted by atomic mass is 16.5. The van der Waals surface area contributed by atoms with Gasteiger partial charge in [0.2, 0.25) is 0 Å². The summed E-state index contributed by atoms with van der Waals surface area (Å²) in [4.78, 5) is 14.5. The number of hydrogen-bond acceptors (Lipinski definition) is 3. The first-order valence-electron chi connectivity index (χ1n) is 13.8. The maximum Gasteiger partial charge on any atom is 0.302 e. The van der Waals surface area contributed by atoms with Crippen molar-refractivity contribution < 1.29 is 9.53 Å². The van der Waals surface area contributed by atoms with Crippen LogP contribution in [0.25, 0.3) is 0 Å². The van der Waals surface area contributed by atoms with Crippen molar-refractivity contribution in [3.05, 3.63) is 11.6 Å². The van der Waals surface area contributed by atoms with E-state index in [1.54, 1.807) is 12.5 Å². The van der Waals surface area contributed by atoms with Crippen LogP contribution in [0.2, 0.25) is 0 Å². The zero-order valence-electron chi connectivity index (χ0n) is 21.1. The van der Waals surface area contributed by atoms with Crippen molar-refractivity contribution >= 4 is 5.97 Å². The zero-order chi connectivity index (χ0) is 22.4. The molecule has 3 nitrogen and oxygen atoms in total.